The number of benzene rings is 3. The molecule has 174 valence electrons. The molecule has 4 aromatic heterocycles. The molecule has 7 heteroatoms. The third kappa shape index (κ3) is 2.99. The van der Waals surface area contributed by atoms with Crippen molar-refractivity contribution in [1.29, 1.82) is 15.8 Å². The van der Waals surface area contributed by atoms with Crippen LogP contribution in [-0.2, 0) is 0 Å². The zero-order valence-electron chi connectivity index (χ0n) is 19.8. The van der Waals surface area contributed by atoms with Crippen LogP contribution in [0.25, 0.3) is 55.0 Å². The van der Waals surface area contributed by atoms with Crippen LogP contribution in [0.3, 0.4) is 0 Å². The van der Waals surface area contributed by atoms with Crippen LogP contribution >= 0.6 is 0 Å². The molecule has 0 radical (unpaired) electrons. The predicted molar refractivity (Wildman–Crippen MR) is 145 cm³/mol. The van der Waals surface area contributed by atoms with Crippen molar-refractivity contribution in [3.63, 3.8) is 0 Å². The number of hydrogen-bond acceptors (Lipinski definition) is 5. The Labute approximate surface area is 216 Å². The Hall–Kier alpha value is -5.97. The van der Waals surface area contributed by atoms with Crippen molar-refractivity contribution < 1.29 is 0 Å². The molecule has 3 aromatic carbocycles. The summed E-state index contributed by atoms with van der Waals surface area (Å²) in [5.41, 5.74) is 6.36. The maximum Gasteiger partial charge on any atom is 0.141 e. The first kappa shape index (κ1) is 21.3. The van der Waals surface area contributed by atoms with Gasteiger partial charge in [-0.1, -0.05) is 36.4 Å². The van der Waals surface area contributed by atoms with Crippen LogP contribution < -0.4 is 0 Å². The minimum absolute atomic E-state index is 0.349. The standard InChI is InChI=1S/C31H15N7/c32-14-19-9-22(37-28-7-3-1-5-24(28)26-11-20(15-33)35-17-30(26)37)13-23(10-19)38-29-8-4-2-6-25(29)27-12-21(16-34)36-18-31(27)38/h1-13,17-18H. The van der Waals surface area contributed by atoms with Gasteiger partial charge in [-0.05, 0) is 42.5 Å². The number of para-hydroxylation sites is 2. The van der Waals surface area contributed by atoms with Crippen LogP contribution in [0.2, 0.25) is 0 Å². The second-order valence-electron chi connectivity index (χ2n) is 8.95. The fraction of sp³-hybridized carbons (Fsp3) is 0. The van der Waals surface area contributed by atoms with Crippen molar-refractivity contribution in [3.05, 3.63) is 108 Å². The maximum absolute atomic E-state index is 10.0. The summed E-state index contributed by atoms with van der Waals surface area (Å²) in [4.78, 5) is 8.67. The molecule has 0 atom stereocenters. The molecule has 0 amide bonds. The van der Waals surface area contributed by atoms with Crippen LogP contribution in [0.5, 0.6) is 0 Å². The van der Waals surface area contributed by atoms with Gasteiger partial charge in [-0.3, -0.25) is 0 Å². The topological polar surface area (TPSA) is 107 Å². The Bertz CT molecular complexity index is 2080. The normalized spacial score (nSPS) is 11.1. The van der Waals surface area contributed by atoms with Gasteiger partial charge in [0.05, 0.1) is 46.1 Å². The molecule has 0 spiro atoms. The summed E-state index contributed by atoms with van der Waals surface area (Å²) in [6, 6.07) is 31.9. The molecule has 7 aromatic rings. The number of nitrogens with zero attached hydrogens (tertiary/aromatic N) is 7. The number of hydrogen-bond donors (Lipinski definition) is 0. The smallest absolute Gasteiger partial charge is 0.141 e. The highest BCUT2D eigenvalue weighted by molar-refractivity contribution is 6.10. The van der Waals surface area contributed by atoms with Gasteiger partial charge in [-0.25, -0.2) is 9.97 Å². The molecule has 0 aliphatic rings. The molecule has 0 unspecified atom stereocenters. The van der Waals surface area contributed by atoms with E-state index in [1.165, 1.54) is 0 Å². The van der Waals surface area contributed by atoms with Gasteiger partial charge in [0, 0.05) is 32.9 Å². The largest absolute Gasteiger partial charge is 0.308 e. The van der Waals surface area contributed by atoms with Crippen molar-refractivity contribution in [1.82, 2.24) is 19.1 Å². The van der Waals surface area contributed by atoms with E-state index in [0.717, 1.165) is 55.0 Å². The van der Waals surface area contributed by atoms with E-state index in [9.17, 15) is 15.8 Å². The lowest BCUT2D eigenvalue weighted by atomic mass is 10.1. The van der Waals surface area contributed by atoms with Crippen molar-refractivity contribution >= 4 is 43.6 Å². The van der Waals surface area contributed by atoms with E-state index >= 15 is 0 Å². The second-order valence-corrected chi connectivity index (χ2v) is 8.95. The SMILES string of the molecule is N#Cc1cc(-n2c3ccccc3c3cc(C#N)ncc32)cc(-n2c3ccccc3c3cc(C#N)ncc32)c1. The molecular formula is C31H15N7. The van der Waals surface area contributed by atoms with Gasteiger partial charge in [0.2, 0.25) is 0 Å². The monoisotopic (exact) mass is 485 g/mol. The van der Waals surface area contributed by atoms with Gasteiger partial charge in [0.15, 0.2) is 0 Å². The van der Waals surface area contributed by atoms with Crippen molar-refractivity contribution in [3.8, 4) is 29.6 Å². The molecule has 0 fully saturated rings. The summed E-state index contributed by atoms with van der Waals surface area (Å²) in [6.45, 7) is 0. The molecule has 7 rings (SSSR count). The lowest BCUT2D eigenvalue weighted by Crippen LogP contribution is -2.00. The number of fused-ring (bicyclic) bond motifs is 6. The highest BCUT2D eigenvalue weighted by atomic mass is 15.0. The zero-order chi connectivity index (χ0) is 25.8. The molecular weight excluding hydrogens is 470 g/mol. The molecule has 0 aliphatic carbocycles. The molecule has 38 heavy (non-hydrogen) atoms. The Morgan fingerprint density at radius 3 is 1.42 bits per heavy atom. The van der Waals surface area contributed by atoms with Crippen molar-refractivity contribution in [2.75, 3.05) is 0 Å². The van der Waals surface area contributed by atoms with Crippen LogP contribution in [-0.4, -0.2) is 19.1 Å². The quantitative estimate of drug-likeness (QED) is 0.286. The third-order valence-corrected chi connectivity index (χ3v) is 6.90. The van der Waals surface area contributed by atoms with E-state index in [-0.39, 0.29) is 0 Å². The predicted octanol–water partition coefficient (Wildman–Crippen LogP) is 6.29. The van der Waals surface area contributed by atoms with Crippen LogP contribution in [0.4, 0.5) is 0 Å². The van der Waals surface area contributed by atoms with E-state index in [1.807, 2.05) is 66.7 Å². The molecule has 7 nitrogen and oxygen atoms in total. The molecule has 4 heterocycles. The highest BCUT2D eigenvalue weighted by Crippen LogP contribution is 2.36. The van der Waals surface area contributed by atoms with Crippen molar-refractivity contribution in [2.45, 2.75) is 0 Å². The van der Waals surface area contributed by atoms with E-state index in [0.29, 0.717) is 17.0 Å². The van der Waals surface area contributed by atoms with Crippen molar-refractivity contribution in [2.24, 2.45) is 0 Å². The Kier molecular flexibility index (Phi) is 4.51. The molecule has 0 saturated heterocycles. The first-order valence-electron chi connectivity index (χ1n) is 11.8. The lowest BCUT2D eigenvalue weighted by Gasteiger charge is -2.13. The van der Waals surface area contributed by atoms with Gasteiger partial charge in [0.1, 0.15) is 23.5 Å². The van der Waals surface area contributed by atoms with Gasteiger partial charge in [0.25, 0.3) is 0 Å². The summed E-state index contributed by atoms with van der Waals surface area (Å²) in [5.74, 6) is 0. The van der Waals surface area contributed by atoms with Gasteiger partial charge >= 0.3 is 0 Å². The number of pyridine rings is 2. The summed E-state index contributed by atoms with van der Waals surface area (Å²) in [7, 11) is 0. The fourth-order valence-corrected chi connectivity index (χ4v) is 5.33. The second kappa shape index (κ2) is 8.03. The van der Waals surface area contributed by atoms with E-state index in [2.05, 4.69) is 37.3 Å². The summed E-state index contributed by atoms with van der Waals surface area (Å²) in [5, 5.41) is 32.7. The molecule has 0 bridgehead atoms. The Morgan fingerprint density at radius 1 is 0.500 bits per heavy atom. The molecule has 0 saturated carbocycles. The Balaban J connectivity index is 1.58. The maximum atomic E-state index is 10.0. The summed E-state index contributed by atoms with van der Waals surface area (Å²) in [6.07, 6.45) is 3.42. The van der Waals surface area contributed by atoms with E-state index < -0.39 is 0 Å². The lowest BCUT2D eigenvalue weighted by molar-refractivity contribution is 1.12. The fourth-order valence-electron chi connectivity index (χ4n) is 5.33. The van der Waals surface area contributed by atoms with Gasteiger partial charge < -0.3 is 9.13 Å². The number of rotatable bonds is 2. The Morgan fingerprint density at radius 2 is 0.974 bits per heavy atom. The number of aromatic nitrogens is 4. The van der Waals surface area contributed by atoms with Gasteiger partial charge in [-0.15, -0.1) is 0 Å². The minimum atomic E-state index is 0.349. The summed E-state index contributed by atoms with van der Waals surface area (Å²) >= 11 is 0. The van der Waals surface area contributed by atoms with Gasteiger partial charge in [-0.2, -0.15) is 15.8 Å². The van der Waals surface area contributed by atoms with Crippen LogP contribution in [0.1, 0.15) is 17.0 Å². The minimum Gasteiger partial charge on any atom is -0.308 e. The molecule has 0 aliphatic heterocycles. The van der Waals surface area contributed by atoms with Crippen LogP contribution in [0, 0.1) is 34.0 Å². The average Bonchev–Trinajstić information content (AvgIpc) is 3.49. The first-order valence-corrected chi connectivity index (χ1v) is 11.8. The van der Waals surface area contributed by atoms with E-state index in [4.69, 9.17) is 0 Å². The average molecular weight is 486 g/mol. The third-order valence-electron chi connectivity index (χ3n) is 6.90. The zero-order valence-corrected chi connectivity index (χ0v) is 19.8. The van der Waals surface area contributed by atoms with E-state index in [1.54, 1.807) is 24.5 Å². The molecule has 0 N–H and O–H groups in total. The first-order chi connectivity index (χ1) is 18.7. The number of nitriles is 3. The highest BCUT2D eigenvalue weighted by Gasteiger charge is 2.18. The summed E-state index contributed by atoms with van der Waals surface area (Å²) < 4.78 is 4.14. The van der Waals surface area contributed by atoms with Crippen LogP contribution in [0.15, 0.2) is 91.3 Å².